The summed E-state index contributed by atoms with van der Waals surface area (Å²) in [6.45, 7) is 6.59. The lowest BCUT2D eigenvalue weighted by Crippen LogP contribution is -2.55. The van der Waals surface area contributed by atoms with Crippen LogP contribution in [0.1, 0.15) is 19.3 Å². The molecule has 6 heteroatoms. The Morgan fingerprint density at radius 1 is 1.15 bits per heavy atom. The molecule has 0 aromatic carbocycles. The lowest BCUT2D eigenvalue weighted by atomic mass is 10.1. The molecule has 3 aliphatic rings. The molecule has 3 rings (SSSR count). The zero-order chi connectivity index (χ0) is 13.8. The Bertz CT molecular complexity index is 334. The molecule has 0 radical (unpaired) electrons. The molecule has 0 bridgehead atoms. The number of urea groups is 1. The molecule has 2 atom stereocenters. The summed E-state index contributed by atoms with van der Waals surface area (Å²) in [7, 11) is 0. The summed E-state index contributed by atoms with van der Waals surface area (Å²) < 4.78 is 11.1. The third-order valence-corrected chi connectivity index (χ3v) is 4.55. The summed E-state index contributed by atoms with van der Waals surface area (Å²) in [5, 5.41) is 3.06. The lowest BCUT2D eigenvalue weighted by Gasteiger charge is -2.37. The van der Waals surface area contributed by atoms with Crippen molar-refractivity contribution in [2.45, 2.75) is 31.4 Å². The molecular weight excluding hydrogens is 258 g/mol. The van der Waals surface area contributed by atoms with E-state index in [0.717, 1.165) is 52.2 Å². The van der Waals surface area contributed by atoms with Crippen molar-refractivity contribution in [2.24, 2.45) is 0 Å². The number of morpholine rings is 2. The highest BCUT2D eigenvalue weighted by molar-refractivity contribution is 5.74. The maximum absolute atomic E-state index is 12.3. The minimum atomic E-state index is 0.0819. The van der Waals surface area contributed by atoms with Crippen LogP contribution in [-0.2, 0) is 9.47 Å². The largest absolute Gasteiger partial charge is 0.379 e. The third-order valence-electron chi connectivity index (χ3n) is 4.55. The number of ether oxygens (including phenoxy) is 2. The maximum Gasteiger partial charge on any atom is 0.317 e. The van der Waals surface area contributed by atoms with E-state index in [0.29, 0.717) is 19.2 Å². The molecule has 0 unspecified atom stereocenters. The first-order chi connectivity index (χ1) is 9.84. The van der Waals surface area contributed by atoms with Gasteiger partial charge in [0.05, 0.1) is 32.0 Å². The van der Waals surface area contributed by atoms with Gasteiger partial charge in [-0.2, -0.15) is 0 Å². The van der Waals surface area contributed by atoms with Crippen LogP contribution in [0.2, 0.25) is 0 Å². The molecule has 1 aliphatic carbocycles. The predicted molar refractivity (Wildman–Crippen MR) is 74.7 cm³/mol. The minimum Gasteiger partial charge on any atom is -0.379 e. The van der Waals surface area contributed by atoms with E-state index in [-0.39, 0.29) is 12.1 Å². The van der Waals surface area contributed by atoms with Gasteiger partial charge < -0.3 is 19.7 Å². The van der Waals surface area contributed by atoms with E-state index in [9.17, 15) is 4.79 Å². The Morgan fingerprint density at radius 3 is 2.85 bits per heavy atom. The van der Waals surface area contributed by atoms with E-state index in [1.54, 1.807) is 0 Å². The summed E-state index contributed by atoms with van der Waals surface area (Å²) in [6, 6.07) is 0.380. The van der Waals surface area contributed by atoms with E-state index in [4.69, 9.17) is 9.47 Å². The molecule has 0 aromatic heterocycles. The SMILES string of the molecule is O=C(NCCN1CCOCC1)N1CCO[C@H]2CCC[C@@H]21. The van der Waals surface area contributed by atoms with Crippen LogP contribution in [0.3, 0.4) is 0 Å². The number of rotatable bonds is 3. The van der Waals surface area contributed by atoms with Crippen molar-refractivity contribution < 1.29 is 14.3 Å². The van der Waals surface area contributed by atoms with Gasteiger partial charge in [-0.25, -0.2) is 4.79 Å². The van der Waals surface area contributed by atoms with Crippen LogP contribution in [0.4, 0.5) is 4.79 Å². The number of nitrogens with zero attached hydrogens (tertiary/aromatic N) is 2. The molecule has 0 spiro atoms. The van der Waals surface area contributed by atoms with Crippen LogP contribution >= 0.6 is 0 Å². The van der Waals surface area contributed by atoms with Gasteiger partial charge >= 0.3 is 6.03 Å². The summed E-state index contributed by atoms with van der Waals surface area (Å²) in [5.74, 6) is 0. The summed E-state index contributed by atoms with van der Waals surface area (Å²) >= 11 is 0. The Balaban J connectivity index is 1.41. The van der Waals surface area contributed by atoms with Gasteiger partial charge in [0.25, 0.3) is 0 Å². The van der Waals surface area contributed by atoms with Crippen molar-refractivity contribution in [2.75, 3.05) is 52.5 Å². The highest BCUT2D eigenvalue weighted by Gasteiger charge is 2.38. The van der Waals surface area contributed by atoms with Gasteiger partial charge in [0.2, 0.25) is 0 Å². The topological polar surface area (TPSA) is 54.0 Å². The number of carbonyl (C=O) groups excluding carboxylic acids is 1. The fourth-order valence-corrected chi connectivity index (χ4v) is 3.43. The molecule has 0 aromatic rings. The molecule has 20 heavy (non-hydrogen) atoms. The smallest absolute Gasteiger partial charge is 0.317 e. The normalized spacial score (nSPS) is 31.1. The number of fused-ring (bicyclic) bond motifs is 1. The van der Waals surface area contributed by atoms with Crippen LogP contribution in [0.5, 0.6) is 0 Å². The van der Waals surface area contributed by atoms with Gasteiger partial charge in [-0.05, 0) is 19.3 Å². The molecule has 2 heterocycles. The second kappa shape index (κ2) is 6.74. The lowest BCUT2D eigenvalue weighted by molar-refractivity contribution is -0.0383. The average molecular weight is 283 g/mol. The Labute approximate surface area is 120 Å². The van der Waals surface area contributed by atoms with E-state index < -0.39 is 0 Å². The zero-order valence-electron chi connectivity index (χ0n) is 12.1. The number of carbonyl (C=O) groups is 1. The molecule has 1 N–H and O–H groups in total. The summed E-state index contributed by atoms with van der Waals surface area (Å²) in [6.07, 6.45) is 3.63. The van der Waals surface area contributed by atoms with Crippen molar-refractivity contribution in [3.8, 4) is 0 Å². The van der Waals surface area contributed by atoms with Gasteiger partial charge in [-0.3, -0.25) is 4.90 Å². The van der Waals surface area contributed by atoms with Gasteiger partial charge in [0.15, 0.2) is 0 Å². The summed E-state index contributed by atoms with van der Waals surface area (Å²) in [5.41, 5.74) is 0. The second-order valence-corrected chi connectivity index (χ2v) is 5.79. The van der Waals surface area contributed by atoms with Crippen molar-refractivity contribution in [1.82, 2.24) is 15.1 Å². The van der Waals surface area contributed by atoms with Crippen molar-refractivity contribution in [3.63, 3.8) is 0 Å². The highest BCUT2D eigenvalue weighted by atomic mass is 16.5. The van der Waals surface area contributed by atoms with Crippen molar-refractivity contribution >= 4 is 6.03 Å². The predicted octanol–water partition coefficient (Wildman–Crippen LogP) is 0.282. The molecule has 2 saturated heterocycles. The Hall–Kier alpha value is -0.850. The van der Waals surface area contributed by atoms with Crippen LogP contribution in [0.25, 0.3) is 0 Å². The summed E-state index contributed by atoms with van der Waals surface area (Å²) in [4.78, 5) is 16.6. The number of amides is 2. The van der Waals surface area contributed by atoms with Crippen LogP contribution in [0, 0.1) is 0 Å². The van der Waals surface area contributed by atoms with Crippen LogP contribution in [-0.4, -0.2) is 80.5 Å². The maximum atomic E-state index is 12.3. The van der Waals surface area contributed by atoms with E-state index in [1.807, 2.05) is 4.90 Å². The standard InChI is InChI=1S/C14H25N3O3/c18-14(15-4-5-16-6-9-19-10-7-16)17-8-11-20-13-3-1-2-12(13)17/h12-13H,1-11H2,(H,15,18)/t12-,13-/m0/s1. The van der Waals surface area contributed by atoms with Gasteiger partial charge in [-0.15, -0.1) is 0 Å². The monoisotopic (exact) mass is 283 g/mol. The van der Waals surface area contributed by atoms with Crippen LogP contribution < -0.4 is 5.32 Å². The first-order valence-electron chi connectivity index (χ1n) is 7.81. The van der Waals surface area contributed by atoms with E-state index >= 15 is 0 Å². The Kier molecular flexibility index (Phi) is 4.75. The molecular formula is C14H25N3O3. The van der Waals surface area contributed by atoms with E-state index in [1.165, 1.54) is 6.42 Å². The van der Waals surface area contributed by atoms with Crippen molar-refractivity contribution in [1.29, 1.82) is 0 Å². The highest BCUT2D eigenvalue weighted by Crippen LogP contribution is 2.29. The van der Waals surface area contributed by atoms with Gasteiger partial charge in [0.1, 0.15) is 0 Å². The number of hydrogen-bond donors (Lipinski definition) is 1. The number of hydrogen-bond acceptors (Lipinski definition) is 4. The second-order valence-electron chi connectivity index (χ2n) is 5.79. The van der Waals surface area contributed by atoms with E-state index in [2.05, 4.69) is 10.2 Å². The fourth-order valence-electron chi connectivity index (χ4n) is 3.43. The molecule has 1 saturated carbocycles. The van der Waals surface area contributed by atoms with Crippen LogP contribution in [0.15, 0.2) is 0 Å². The Morgan fingerprint density at radius 2 is 2.00 bits per heavy atom. The first-order valence-corrected chi connectivity index (χ1v) is 7.81. The first kappa shape index (κ1) is 14.1. The molecule has 114 valence electrons. The minimum absolute atomic E-state index is 0.0819. The van der Waals surface area contributed by atoms with Gasteiger partial charge in [0, 0.05) is 32.7 Å². The fraction of sp³-hybridized carbons (Fsp3) is 0.929. The molecule has 3 fully saturated rings. The quantitative estimate of drug-likeness (QED) is 0.808. The number of nitrogens with one attached hydrogen (secondary N) is 1. The average Bonchev–Trinajstić information content (AvgIpc) is 2.96. The van der Waals surface area contributed by atoms with Gasteiger partial charge in [-0.1, -0.05) is 0 Å². The zero-order valence-corrected chi connectivity index (χ0v) is 12.1. The third kappa shape index (κ3) is 3.24. The molecule has 2 amide bonds. The molecule has 2 aliphatic heterocycles. The molecule has 6 nitrogen and oxygen atoms in total. The van der Waals surface area contributed by atoms with Crippen molar-refractivity contribution in [3.05, 3.63) is 0 Å².